The molecule has 9 heteroatoms. The van der Waals surface area contributed by atoms with Crippen LogP contribution in [0.2, 0.25) is 0 Å². The molecular formula is C18H17N5O2S2. The highest BCUT2D eigenvalue weighted by Crippen LogP contribution is 2.39. The Bertz CT molecular complexity index is 1160. The molecule has 2 aliphatic heterocycles. The molecule has 0 amide bonds. The molecule has 0 bridgehead atoms. The third-order valence-electron chi connectivity index (χ3n) is 4.93. The number of benzene rings is 1. The van der Waals surface area contributed by atoms with Gasteiger partial charge in [-0.15, -0.1) is 21.5 Å². The summed E-state index contributed by atoms with van der Waals surface area (Å²) in [5.74, 6) is 1.01. The zero-order chi connectivity index (χ0) is 18.6. The Morgan fingerprint density at radius 1 is 1.22 bits per heavy atom. The largest absolute Gasteiger partial charge is 0.312 e. The van der Waals surface area contributed by atoms with Crippen LogP contribution in [-0.2, 0) is 22.8 Å². The molecule has 7 nitrogen and oxygen atoms in total. The maximum atomic E-state index is 13.3. The summed E-state index contributed by atoms with van der Waals surface area (Å²) in [7, 11) is -3.73. The lowest BCUT2D eigenvalue weighted by molar-refractivity contribution is 0.579. The minimum absolute atomic E-state index is 0.232. The number of aliphatic imine (C=N–C) groups is 1. The molecule has 5 rings (SSSR count). The van der Waals surface area contributed by atoms with Crippen LogP contribution in [0, 0.1) is 6.92 Å². The predicted octanol–water partition coefficient (Wildman–Crippen LogP) is 2.19. The standard InChI is InChI=1S/C18H17N5O2S2/c1-11-21-22-16-17(27(24,25)12-5-3-2-4-6-12)20-9-14-13-7-8-19-10-15(13)26-18(14)23(11)16/h2-6,9,17,19H,7-8,10H2,1H3. The quantitative estimate of drug-likeness (QED) is 0.713. The van der Waals surface area contributed by atoms with E-state index in [0.29, 0.717) is 11.6 Å². The van der Waals surface area contributed by atoms with Crippen molar-refractivity contribution in [3.8, 4) is 5.00 Å². The molecule has 0 saturated heterocycles. The number of hydrogen-bond acceptors (Lipinski definition) is 7. The van der Waals surface area contributed by atoms with Crippen LogP contribution in [0.1, 0.15) is 33.0 Å². The zero-order valence-corrected chi connectivity index (χ0v) is 16.2. The number of rotatable bonds is 2. The SMILES string of the molecule is Cc1nnc2n1-c1sc3c(c1C=NC2S(=O)(=O)c1ccccc1)CCNC3. The zero-order valence-electron chi connectivity index (χ0n) is 14.6. The molecule has 0 aliphatic carbocycles. The van der Waals surface area contributed by atoms with Gasteiger partial charge in [-0.1, -0.05) is 18.2 Å². The number of nitrogens with zero attached hydrogens (tertiary/aromatic N) is 4. The molecule has 3 aromatic rings. The van der Waals surface area contributed by atoms with E-state index < -0.39 is 15.2 Å². The second-order valence-corrected chi connectivity index (χ2v) is 9.67. The van der Waals surface area contributed by atoms with Gasteiger partial charge >= 0.3 is 0 Å². The lowest BCUT2D eigenvalue weighted by Crippen LogP contribution is -2.22. The number of aromatic nitrogens is 3. The molecule has 1 atom stereocenters. The van der Waals surface area contributed by atoms with Gasteiger partial charge in [-0.2, -0.15) is 0 Å². The van der Waals surface area contributed by atoms with E-state index in [4.69, 9.17) is 0 Å². The fourth-order valence-corrected chi connectivity index (χ4v) is 6.39. The first kappa shape index (κ1) is 16.8. The highest BCUT2D eigenvalue weighted by molar-refractivity contribution is 7.91. The number of hydrogen-bond donors (Lipinski definition) is 1. The van der Waals surface area contributed by atoms with Gasteiger partial charge in [0, 0.05) is 23.2 Å². The van der Waals surface area contributed by atoms with Crippen molar-refractivity contribution in [2.45, 2.75) is 30.2 Å². The van der Waals surface area contributed by atoms with Crippen LogP contribution in [0.25, 0.3) is 5.00 Å². The van der Waals surface area contributed by atoms with Crippen LogP contribution in [0.5, 0.6) is 0 Å². The maximum Gasteiger partial charge on any atom is 0.215 e. The topological polar surface area (TPSA) is 89.2 Å². The fraction of sp³-hybridized carbons (Fsp3) is 0.278. The molecule has 0 radical (unpaired) electrons. The van der Waals surface area contributed by atoms with E-state index in [1.165, 1.54) is 10.4 Å². The van der Waals surface area contributed by atoms with Crippen molar-refractivity contribution < 1.29 is 8.42 Å². The van der Waals surface area contributed by atoms with E-state index in [2.05, 4.69) is 20.5 Å². The van der Waals surface area contributed by atoms with E-state index in [9.17, 15) is 8.42 Å². The summed E-state index contributed by atoms with van der Waals surface area (Å²) >= 11 is 1.66. The first-order valence-electron chi connectivity index (χ1n) is 8.67. The molecule has 0 spiro atoms. The Hall–Kier alpha value is -2.36. The first-order valence-corrected chi connectivity index (χ1v) is 11.0. The molecule has 1 unspecified atom stereocenters. The van der Waals surface area contributed by atoms with Crippen LogP contribution >= 0.6 is 11.3 Å². The van der Waals surface area contributed by atoms with Gasteiger partial charge in [-0.25, -0.2) is 8.42 Å². The number of thiophene rings is 1. The number of sulfone groups is 1. The summed E-state index contributed by atoms with van der Waals surface area (Å²) in [5, 5.41) is 11.6. The van der Waals surface area contributed by atoms with E-state index in [1.54, 1.807) is 47.9 Å². The van der Waals surface area contributed by atoms with Crippen molar-refractivity contribution in [2.24, 2.45) is 4.99 Å². The average Bonchev–Trinajstić information content (AvgIpc) is 3.18. The van der Waals surface area contributed by atoms with E-state index >= 15 is 0 Å². The smallest absolute Gasteiger partial charge is 0.215 e. The van der Waals surface area contributed by atoms with Crippen molar-refractivity contribution >= 4 is 27.4 Å². The number of aryl methyl sites for hydroxylation is 1. The van der Waals surface area contributed by atoms with Crippen LogP contribution in [-0.4, -0.2) is 35.9 Å². The van der Waals surface area contributed by atoms with Crippen molar-refractivity contribution in [3.05, 3.63) is 58.0 Å². The molecular weight excluding hydrogens is 382 g/mol. The lowest BCUT2D eigenvalue weighted by Gasteiger charge is -2.13. The van der Waals surface area contributed by atoms with Gasteiger partial charge < -0.3 is 5.32 Å². The lowest BCUT2D eigenvalue weighted by atomic mass is 10.0. The molecule has 1 N–H and O–H groups in total. The van der Waals surface area contributed by atoms with Crippen LogP contribution < -0.4 is 5.32 Å². The van der Waals surface area contributed by atoms with Gasteiger partial charge in [0.15, 0.2) is 5.82 Å². The molecule has 0 fully saturated rings. The second kappa shape index (κ2) is 6.08. The number of nitrogens with one attached hydrogen (secondary N) is 1. The summed E-state index contributed by atoms with van der Waals surface area (Å²) in [6, 6.07) is 8.39. The summed E-state index contributed by atoms with van der Waals surface area (Å²) < 4.78 is 28.4. The molecule has 138 valence electrons. The maximum absolute atomic E-state index is 13.3. The minimum Gasteiger partial charge on any atom is -0.312 e. The first-order chi connectivity index (χ1) is 13.1. The predicted molar refractivity (Wildman–Crippen MR) is 103 cm³/mol. The van der Waals surface area contributed by atoms with Gasteiger partial charge in [0.05, 0.1) is 4.90 Å². The summed E-state index contributed by atoms with van der Waals surface area (Å²) in [5.41, 5.74) is 2.24. The molecule has 27 heavy (non-hydrogen) atoms. The van der Waals surface area contributed by atoms with E-state index in [1.807, 2.05) is 11.5 Å². The highest BCUT2D eigenvalue weighted by Gasteiger charge is 2.37. The van der Waals surface area contributed by atoms with Gasteiger partial charge in [0.1, 0.15) is 10.8 Å². The molecule has 1 aromatic carbocycles. The highest BCUT2D eigenvalue weighted by atomic mass is 32.2. The van der Waals surface area contributed by atoms with Crippen LogP contribution in [0.3, 0.4) is 0 Å². The van der Waals surface area contributed by atoms with Crippen molar-refractivity contribution in [1.29, 1.82) is 0 Å². The second-order valence-electron chi connectivity index (χ2n) is 6.58. The monoisotopic (exact) mass is 399 g/mol. The van der Waals surface area contributed by atoms with Gasteiger partial charge in [0.25, 0.3) is 0 Å². The summed E-state index contributed by atoms with van der Waals surface area (Å²) in [4.78, 5) is 5.99. The minimum atomic E-state index is -3.73. The number of fused-ring (bicyclic) bond motifs is 5. The van der Waals surface area contributed by atoms with Gasteiger partial charge in [-0.3, -0.25) is 9.56 Å². The Balaban J connectivity index is 1.74. The van der Waals surface area contributed by atoms with Crippen molar-refractivity contribution in [3.63, 3.8) is 0 Å². The Kier molecular flexibility index (Phi) is 3.78. The summed E-state index contributed by atoms with van der Waals surface area (Å²) in [6.07, 6.45) is 2.62. The summed E-state index contributed by atoms with van der Waals surface area (Å²) in [6.45, 7) is 3.57. The molecule has 0 saturated carbocycles. The van der Waals surface area contributed by atoms with E-state index in [0.717, 1.165) is 30.1 Å². The normalized spacial score (nSPS) is 18.5. The third-order valence-corrected chi connectivity index (χ3v) is 8.01. The fourth-order valence-electron chi connectivity index (χ4n) is 3.60. The average molecular weight is 400 g/mol. The Labute approximate surface area is 160 Å². The van der Waals surface area contributed by atoms with Gasteiger partial charge in [0.2, 0.25) is 15.2 Å². The van der Waals surface area contributed by atoms with Gasteiger partial charge in [-0.05, 0) is 37.6 Å². The van der Waals surface area contributed by atoms with Crippen molar-refractivity contribution in [1.82, 2.24) is 20.1 Å². The Morgan fingerprint density at radius 3 is 2.85 bits per heavy atom. The van der Waals surface area contributed by atoms with Crippen LogP contribution in [0.15, 0.2) is 40.2 Å². The molecule has 2 aromatic heterocycles. The third kappa shape index (κ3) is 2.49. The Morgan fingerprint density at radius 2 is 2.04 bits per heavy atom. The van der Waals surface area contributed by atoms with E-state index in [-0.39, 0.29) is 4.90 Å². The molecule has 4 heterocycles. The molecule has 2 aliphatic rings. The van der Waals surface area contributed by atoms with Crippen LogP contribution in [0.4, 0.5) is 0 Å². The van der Waals surface area contributed by atoms with Crippen molar-refractivity contribution in [2.75, 3.05) is 6.54 Å².